The topological polar surface area (TPSA) is 74.8 Å². The first-order valence-corrected chi connectivity index (χ1v) is 11.3. The number of hydrogen-bond acceptors (Lipinski definition) is 4. The van der Waals surface area contributed by atoms with Crippen molar-refractivity contribution >= 4 is 25.7 Å². The summed E-state index contributed by atoms with van der Waals surface area (Å²) < 4.78 is 52.9. The molecule has 0 saturated heterocycles. The molecule has 0 aromatic heterocycles. The Labute approximate surface area is 155 Å². The number of hydrogen-bond donors (Lipinski definition) is 0. The van der Waals surface area contributed by atoms with Crippen molar-refractivity contribution in [2.45, 2.75) is 24.0 Å². The number of rotatable bonds is 5. The van der Waals surface area contributed by atoms with Crippen LogP contribution in [0.3, 0.4) is 0 Å². The molecule has 0 amide bonds. The van der Waals surface area contributed by atoms with Gasteiger partial charge in [0.05, 0.1) is 16.3 Å². The minimum Gasteiger partial charge on any atom is -0.269 e. The Hall–Kier alpha value is -1.90. The molecule has 26 heavy (non-hydrogen) atoms. The first kappa shape index (κ1) is 18.9. The summed E-state index contributed by atoms with van der Waals surface area (Å²) in [6, 6.07) is 12.0. The molecule has 0 unspecified atom stereocenters. The quantitative estimate of drug-likeness (QED) is 0.779. The smallest absolute Gasteiger partial charge is 0.242 e. The van der Waals surface area contributed by atoms with E-state index in [2.05, 4.69) is 0 Å². The maximum Gasteiger partial charge on any atom is 0.242 e. The normalized spacial score (nSPS) is 14.7. The Morgan fingerprint density at radius 3 is 2.38 bits per heavy atom. The van der Waals surface area contributed by atoms with Crippen LogP contribution in [0.15, 0.2) is 47.4 Å². The third-order valence-electron chi connectivity index (χ3n) is 4.62. The predicted molar refractivity (Wildman–Crippen MR) is 102 cm³/mol. The highest BCUT2D eigenvalue weighted by Crippen LogP contribution is 2.33. The summed E-state index contributed by atoms with van der Waals surface area (Å²) in [5.41, 5.74) is 3.01. The summed E-state index contributed by atoms with van der Waals surface area (Å²) in [5, 5.41) is 0. The van der Waals surface area contributed by atoms with Crippen LogP contribution in [0.1, 0.15) is 16.7 Å². The second-order valence-electron chi connectivity index (χ2n) is 6.58. The van der Waals surface area contributed by atoms with Gasteiger partial charge >= 0.3 is 0 Å². The molecule has 0 bridgehead atoms. The Balaban J connectivity index is 1.94. The highest BCUT2D eigenvalue weighted by Gasteiger charge is 2.31. The third-order valence-corrected chi connectivity index (χ3v) is 8.16. The van der Waals surface area contributed by atoms with Gasteiger partial charge in [-0.05, 0) is 48.2 Å². The van der Waals surface area contributed by atoms with Gasteiger partial charge in [-0.15, -0.1) is 0 Å². The zero-order valence-electron chi connectivity index (χ0n) is 15.0. The second kappa shape index (κ2) is 6.68. The summed E-state index contributed by atoms with van der Waals surface area (Å²) in [4.78, 5) is 0.180. The molecule has 0 saturated carbocycles. The lowest BCUT2D eigenvalue weighted by molar-refractivity contribution is 0.520. The van der Waals surface area contributed by atoms with Crippen LogP contribution >= 0.6 is 0 Å². The Morgan fingerprint density at radius 2 is 1.73 bits per heavy atom. The summed E-state index contributed by atoms with van der Waals surface area (Å²) >= 11 is 0. The van der Waals surface area contributed by atoms with Gasteiger partial charge in [0.15, 0.2) is 0 Å². The maximum atomic E-state index is 12.9. The van der Waals surface area contributed by atoms with Crippen LogP contribution in [0, 0.1) is 6.92 Å². The van der Waals surface area contributed by atoms with Crippen molar-refractivity contribution in [2.75, 3.05) is 24.9 Å². The molecule has 0 aliphatic carbocycles. The molecular formula is C18H22N2O4S2. The zero-order chi connectivity index (χ0) is 19.1. The van der Waals surface area contributed by atoms with Crippen LogP contribution in [0.2, 0.25) is 0 Å². The molecular weight excluding hydrogens is 372 g/mol. The van der Waals surface area contributed by atoms with Crippen LogP contribution < -0.4 is 4.31 Å². The van der Waals surface area contributed by atoms with Crippen molar-refractivity contribution in [1.82, 2.24) is 4.31 Å². The third kappa shape index (κ3) is 3.36. The highest BCUT2D eigenvalue weighted by atomic mass is 32.2. The van der Waals surface area contributed by atoms with E-state index in [1.54, 1.807) is 12.1 Å². The van der Waals surface area contributed by atoms with Gasteiger partial charge in [0.25, 0.3) is 0 Å². The van der Waals surface area contributed by atoms with Gasteiger partial charge in [-0.3, -0.25) is 4.31 Å². The van der Waals surface area contributed by atoms with E-state index < -0.39 is 20.0 Å². The van der Waals surface area contributed by atoms with Crippen LogP contribution in [0.25, 0.3) is 0 Å². The van der Waals surface area contributed by atoms with E-state index in [1.165, 1.54) is 24.5 Å². The number of aryl methyl sites for hydroxylation is 1. The lowest BCUT2D eigenvalue weighted by atomic mass is 10.1. The van der Waals surface area contributed by atoms with E-state index in [-0.39, 0.29) is 10.6 Å². The summed E-state index contributed by atoms with van der Waals surface area (Å²) in [7, 11) is -4.13. The summed E-state index contributed by atoms with van der Waals surface area (Å²) in [6.45, 7) is 2.22. The number of anilines is 1. The van der Waals surface area contributed by atoms with Crippen molar-refractivity contribution in [3.63, 3.8) is 0 Å². The van der Waals surface area contributed by atoms with Crippen LogP contribution in [-0.4, -0.2) is 41.8 Å². The van der Waals surface area contributed by atoms with Crippen molar-refractivity contribution in [1.29, 1.82) is 0 Å². The fourth-order valence-corrected chi connectivity index (χ4v) is 5.73. The monoisotopic (exact) mass is 394 g/mol. The van der Waals surface area contributed by atoms with Gasteiger partial charge in [-0.25, -0.2) is 21.1 Å². The first-order chi connectivity index (χ1) is 12.1. The molecule has 0 N–H and O–H groups in total. The van der Waals surface area contributed by atoms with Gasteiger partial charge in [0.2, 0.25) is 20.0 Å². The number of benzene rings is 2. The van der Waals surface area contributed by atoms with Crippen molar-refractivity contribution in [2.24, 2.45) is 0 Å². The minimum atomic E-state index is -3.54. The largest absolute Gasteiger partial charge is 0.269 e. The Morgan fingerprint density at radius 1 is 1.04 bits per heavy atom. The minimum absolute atomic E-state index is 0.0726. The van der Waals surface area contributed by atoms with E-state index in [9.17, 15) is 16.8 Å². The van der Waals surface area contributed by atoms with E-state index in [0.717, 1.165) is 21.0 Å². The average Bonchev–Trinajstić information content (AvgIpc) is 3.00. The molecule has 1 aliphatic heterocycles. The van der Waals surface area contributed by atoms with Gasteiger partial charge in [-0.2, -0.15) is 0 Å². The van der Waals surface area contributed by atoms with Crippen molar-refractivity contribution in [3.05, 3.63) is 59.2 Å². The highest BCUT2D eigenvalue weighted by molar-refractivity contribution is 7.92. The Kier molecular flexibility index (Phi) is 4.85. The SMILES string of the molecule is Cc1ccccc1CS(=O)(=O)N1CCc2cc(S(=O)(=O)N(C)C)ccc21. The van der Waals surface area contributed by atoms with Crippen molar-refractivity contribution in [3.8, 4) is 0 Å². The van der Waals surface area contributed by atoms with Crippen molar-refractivity contribution < 1.29 is 16.8 Å². The first-order valence-electron chi connectivity index (χ1n) is 8.23. The van der Waals surface area contributed by atoms with E-state index in [4.69, 9.17) is 0 Å². The Bertz CT molecular complexity index is 1040. The van der Waals surface area contributed by atoms with E-state index in [0.29, 0.717) is 18.7 Å². The van der Waals surface area contributed by atoms with Gasteiger partial charge < -0.3 is 0 Å². The van der Waals surface area contributed by atoms with Crippen LogP contribution in [0.5, 0.6) is 0 Å². The molecule has 0 fully saturated rings. The molecule has 140 valence electrons. The van der Waals surface area contributed by atoms with Gasteiger partial charge in [0.1, 0.15) is 0 Å². The molecule has 0 atom stereocenters. The summed E-state index contributed by atoms with van der Waals surface area (Å²) in [5.74, 6) is -0.0726. The molecule has 0 radical (unpaired) electrons. The van der Waals surface area contributed by atoms with Gasteiger partial charge in [-0.1, -0.05) is 24.3 Å². The zero-order valence-corrected chi connectivity index (χ0v) is 16.6. The molecule has 1 heterocycles. The van der Waals surface area contributed by atoms with E-state index in [1.807, 2.05) is 31.2 Å². The molecule has 3 rings (SSSR count). The number of fused-ring (bicyclic) bond motifs is 1. The number of sulfonamides is 2. The van der Waals surface area contributed by atoms with Crippen LogP contribution in [0.4, 0.5) is 5.69 Å². The molecule has 1 aliphatic rings. The molecule has 8 heteroatoms. The standard InChI is InChI=1S/C18H22N2O4S2/c1-14-6-4-5-7-16(14)13-25(21,22)20-11-10-15-12-17(8-9-18(15)20)26(23,24)19(2)3/h4-9,12H,10-11,13H2,1-3H3. The van der Waals surface area contributed by atoms with E-state index >= 15 is 0 Å². The molecule has 2 aromatic carbocycles. The van der Waals surface area contributed by atoms with Gasteiger partial charge in [0, 0.05) is 20.6 Å². The summed E-state index contributed by atoms with van der Waals surface area (Å²) in [6.07, 6.45) is 0.499. The lowest BCUT2D eigenvalue weighted by Gasteiger charge is -2.20. The molecule has 0 spiro atoms. The lowest BCUT2D eigenvalue weighted by Crippen LogP contribution is -2.30. The number of nitrogens with zero attached hydrogens (tertiary/aromatic N) is 2. The molecule has 6 nitrogen and oxygen atoms in total. The second-order valence-corrected chi connectivity index (χ2v) is 10.6. The fraction of sp³-hybridized carbons (Fsp3) is 0.333. The van der Waals surface area contributed by atoms with Crippen LogP contribution in [-0.2, 0) is 32.2 Å². The predicted octanol–water partition coefficient (Wildman–Crippen LogP) is 2.14. The average molecular weight is 395 g/mol. The molecule has 2 aromatic rings. The fourth-order valence-electron chi connectivity index (χ4n) is 3.05. The maximum absolute atomic E-state index is 12.9.